The number of anilines is 1. The Balaban J connectivity index is 1.66. The van der Waals surface area contributed by atoms with Crippen LogP contribution in [0.3, 0.4) is 0 Å². The predicted octanol–water partition coefficient (Wildman–Crippen LogP) is 3.94. The molecule has 0 radical (unpaired) electrons. The lowest BCUT2D eigenvalue weighted by atomic mass is 10.1. The summed E-state index contributed by atoms with van der Waals surface area (Å²) >= 11 is 0. The molecule has 0 bridgehead atoms. The van der Waals surface area contributed by atoms with E-state index in [0.29, 0.717) is 42.3 Å². The van der Waals surface area contributed by atoms with Gasteiger partial charge in [-0.05, 0) is 36.2 Å². The van der Waals surface area contributed by atoms with Crippen molar-refractivity contribution >= 4 is 17.5 Å². The van der Waals surface area contributed by atoms with Gasteiger partial charge in [-0.3, -0.25) is 9.59 Å². The minimum atomic E-state index is -0.349. The second kappa shape index (κ2) is 11.5. The zero-order valence-corrected chi connectivity index (χ0v) is 17.5. The van der Waals surface area contributed by atoms with Crippen LogP contribution in [-0.4, -0.2) is 38.7 Å². The number of amides is 2. The van der Waals surface area contributed by atoms with Gasteiger partial charge in [0.15, 0.2) is 0 Å². The average Bonchev–Trinajstić information content (AvgIpc) is 2.80. The third-order valence-corrected chi connectivity index (χ3v) is 4.64. The Kier molecular flexibility index (Phi) is 8.20. The number of hydrogen-bond acceptors (Lipinski definition) is 4. The first-order valence-electron chi connectivity index (χ1n) is 10.1. The van der Waals surface area contributed by atoms with Crippen molar-refractivity contribution in [2.24, 2.45) is 0 Å². The molecule has 6 heteroatoms. The van der Waals surface area contributed by atoms with Gasteiger partial charge in [-0.1, -0.05) is 54.6 Å². The van der Waals surface area contributed by atoms with Gasteiger partial charge in [0.1, 0.15) is 12.4 Å². The Morgan fingerprint density at radius 1 is 0.774 bits per heavy atom. The van der Waals surface area contributed by atoms with Crippen molar-refractivity contribution in [3.05, 3.63) is 95.6 Å². The van der Waals surface area contributed by atoms with Crippen molar-refractivity contribution in [1.29, 1.82) is 0 Å². The van der Waals surface area contributed by atoms with Crippen molar-refractivity contribution in [2.75, 3.05) is 32.2 Å². The Labute approximate surface area is 182 Å². The van der Waals surface area contributed by atoms with Gasteiger partial charge < -0.3 is 20.1 Å². The Hall–Kier alpha value is -3.64. The van der Waals surface area contributed by atoms with Crippen LogP contribution in [0.5, 0.6) is 5.75 Å². The Morgan fingerprint density at radius 3 is 2.23 bits per heavy atom. The van der Waals surface area contributed by atoms with Crippen LogP contribution in [0.25, 0.3) is 0 Å². The number of carbonyl (C=O) groups is 2. The van der Waals surface area contributed by atoms with Crippen molar-refractivity contribution < 1.29 is 19.1 Å². The normalized spacial score (nSPS) is 10.4. The lowest BCUT2D eigenvalue weighted by Crippen LogP contribution is -2.27. The summed E-state index contributed by atoms with van der Waals surface area (Å²) in [5.41, 5.74) is 2.38. The van der Waals surface area contributed by atoms with E-state index in [1.165, 1.54) is 0 Å². The highest BCUT2D eigenvalue weighted by Crippen LogP contribution is 2.21. The minimum absolute atomic E-state index is 0.239. The number of ether oxygens (including phenoxy) is 2. The van der Waals surface area contributed by atoms with Crippen molar-refractivity contribution in [1.82, 2.24) is 5.32 Å². The molecule has 0 saturated heterocycles. The van der Waals surface area contributed by atoms with Gasteiger partial charge >= 0.3 is 0 Å². The molecule has 0 aliphatic rings. The lowest BCUT2D eigenvalue weighted by molar-refractivity contribution is 0.0955. The van der Waals surface area contributed by atoms with E-state index in [1.807, 2.05) is 30.3 Å². The van der Waals surface area contributed by atoms with Crippen LogP contribution in [0.15, 0.2) is 78.9 Å². The van der Waals surface area contributed by atoms with E-state index in [0.717, 1.165) is 12.0 Å². The van der Waals surface area contributed by atoms with Crippen LogP contribution in [0.2, 0.25) is 0 Å². The van der Waals surface area contributed by atoms with Crippen LogP contribution in [-0.2, 0) is 11.2 Å². The maximum absolute atomic E-state index is 12.9. The van der Waals surface area contributed by atoms with Gasteiger partial charge in [0.2, 0.25) is 0 Å². The number of nitrogens with one attached hydrogen (secondary N) is 2. The molecule has 0 aromatic heterocycles. The molecular weight excluding hydrogens is 392 g/mol. The maximum Gasteiger partial charge on any atom is 0.259 e. The third kappa shape index (κ3) is 6.42. The van der Waals surface area contributed by atoms with Crippen LogP contribution >= 0.6 is 0 Å². The van der Waals surface area contributed by atoms with Crippen molar-refractivity contribution in [2.45, 2.75) is 6.42 Å². The van der Waals surface area contributed by atoms with E-state index in [4.69, 9.17) is 9.47 Å². The van der Waals surface area contributed by atoms with Crippen molar-refractivity contribution in [3.8, 4) is 5.75 Å². The Morgan fingerprint density at radius 2 is 1.45 bits per heavy atom. The van der Waals surface area contributed by atoms with Gasteiger partial charge in [-0.2, -0.15) is 0 Å². The molecule has 0 saturated carbocycles. The van der Waals surface area contributed by atoms with E-state index in [2.05, 4.69) is 10.6 Å². The molecule has 0 heterocycles. The molecule has 0 aliphatic carbocycles. The van der Waals surface area contributed by atoms with E-state index in [-0.39, 0.29) is 11.8 Å². The summed E-state index contributed by atoms with van der Waals surface area (Å²) in [5.74, 6) is -0.129. The fourth-order valence-electron chi connectivity index (χ4n) is 3.06. The molecule has 31 heavy (non-hydrogen) atoms. The van der Waals surface area contributed by atoms with E-state index in [9.17, 15) is 9.59 Å². The predicted molar refractivity (Wildman–Crippen MR) is 121 cm³/mol. The second-order valence-corrected chi connectivity index (χ2v) is 6.83. The highest BCUT2D eigenvalue weighted by atomic mass is 16.5. The van der Waals surface area contributed by atoms with Crippen LogP contribution < -0.4 is 15.4 Å². The van der Waals surface area contributed by atoms with Gasteiger partial charge in [0, 0.05) is 13.7 Å². The standard InChI is InChI=1S/C25H26N2O4/c1-30-17-18-31-23-14-8-6-12-21(23)25(29)27-22-13-7-5-11-20(22)24(28)26-16-15-19-9-3-2-4-10-19/h2-14H,15-18H2,1H3,(H,26,28)(H,27,29). The van der Waals surface area contributed by atoms with E-state index < -0.39 is 0 Å². The number of rotatable bonds is 10. The summed E-state index contributed by atoms with van der Waals surface area (Å²) in [5, 5.41) is 5.75. The molecule has 3 rings (SSSR count). The first kappa shape index (κ1) is 22.1. The quantitative estimate of drug-likeness (QED) is 0.489. The molecule has 0 spiro atoms. The van der Waals surface area contributed by atoms with Gasteiger partial charge in [-0.25, -0.2) is 0 Å². The molecule has 0 atom stereocenters. The second-order valence-electron chi connectivity index (χ2n) is 6.83. The molecule has 3 aromatic rings. The van der Waals surface area contributed by atoms with Gasteiger partial charge in [0.25, 0.3) is 11.8 Å². The molecule has 0 aliphatic heterocycles. The Bertz CT molecular complexity index is 1010. The monoisotopic (exact) mass is 418 g/mol. The van der Waals surface area contributed by atoms with Gasteiger partial charge in [0.05, 0.1) is 23.4 Å². The smallest absolute Gasteiger partial charge is 0.259 e. The molecule has 0 unspecified atom stereocenters. The first-order chi connectivity index (χ1) is 15.2. The molecule has 6 nitrogen and oxygen atoms in total. The fraction of sp³-hybridized carbons (Fsp3) is 0.200. The topological polar surface area (TPSA) is 76.7 Å². The first-order valence-corrected chi connectivity index (χ1v) is 10.1. The highest BCUT2D eigenvalue weighted by molar-refractivity contribution is 6.10. The molecule has 0 fully saturated rings. The van der Waals surface area contributed by atoms with Crippen LogP contribution in [0.4, 0.5) is 5.69 Å². The van der Waals surface area contributed by atoms with Crippen molar-refractivity contribution in [3.63, 3.8) is 0 Å². The summed E-state index contributed by atoms with van der Waals surface area (Å²) in [6.45, 7) is 1.25. The number of para-hydroxylation sites is 2. The van der Waals surface area contributed by atoms with Gasteiger partial charge in [-0.15, -0.1) is 0 Å². The number of benzene rings is 3. The zero-order valence-electron chi connectivity index (χ0n) is 17.5. The molecular formula is C25H26N2O4. The summed E-state index contributed by atoms with van der Waals surface area (Å²) in [6, 6.07) is 23.9. The molecule has 160 valence electrons. The third-order valence-electron chi connectivity index (χ3n) is 4.64. The average molecular weight is 418 g/mol. The fourth-order valence-corrected chi connectivity index (χ4v) is 3.06. The maximum atomic E-state index is 12.9. The van der Waals surface area contributed by atoms with Crippen LogP contribution in [0, 0.1) is 0 Å². The number of carbonyl (C=O) groups excluding carboxylic acids is 2. The number of hydrogen-bond donors (Lipinski definition) is 2. The molecule has 2 amide bonds. The minimum Gasteiger partial charge on any atom is -0.490 e. The summed E-state index contributed by atoms with van der Waals surface area (Å²) in [6.07, 6.45) is 0.729. The lowest BCUT2D eigenvalue weighted by Gasteiger charge is -2.14. The van der Waals surface area contributed by atoms with E-state index >= 15 is 0 Å². The zero-order chi connectivity index (χ0) is 21.9. The SMILES string of the molecule is COCCOc1ccccc1C(=O)Nc1ccccc1C(=O)NCCc1ccccc1. The summed E-state index contributed by atoms with van der Waals surface area (Å²) < 4.78 is 10.6. The van der Waals surface area contributed by atoms with E-state index in [1.54, 1.807) is 55.6 Å². The highest BCUT2D eigenvalue weighted by Gasteiger charge is 2.16. The summed E-state index contributed by atoms with van der Waals surface area (Å²) in [4.78, 5) is 25.6. The largest absolute Gasteiger partial charge is 0.490 e. The molecule has 2 N–H and O–H groups in total. The molecule has 3 aromatic carbocycles. The summed E-state index contributed by atoms with van der Waals surface area (Å²) in [7, 11) is 1.59. The number of methoxy groups -OCH3 is 1. The van der Waals surface area contributed by atoms with Crippen LogP contribution in [0.1, 0.15) is 26.3 Å².